The van der Waals surface area contributed by atoms with E-state index >= 15 is 0 Å². The normalized spacial score (nSPS) is 13.0. The molecule has 0 amide bonds. The van der Waals surface area contributed by atoms with E-state index in [2.05, 4.69) is 10.4 Å². The summed E-state index contributed by atoms with van der Waals surface area (Å²) in [5.41, 5.74) is 1.84. The lowest BCUT2D eigenvalue weighted by atomic mass is 10.1. The lowest BCUT2D eigenvalue weighted by molar-refractivity contribution is 0.269. The van der Waals surface area contributed by atoms with Crippen LogP contribution in [0.15, 0.2) is 41.6 Å². The summed E-state index contributed by atoms with van der Waals surface area (Å²) in [6.45, 7) is 4.13. The zero-order valence-electron chi connectivity index (χ0n) is 12.7. The smallest absolute Gasteiger partial charge is 0.178 e. The molecule has 0 aliphatic carbocycles. The van der Waals surface area contributed by atoms with Crippen molar-refractivity contribution in [1.29, 1.82) is 0 Å². The molecule has 7 heteroatoms. The highest BCUT2D eigenvalue weighted by molar-refractivity contribution is 7.91. The maximum absolute atomic E-state index is 11.8. The van der Waals surface area contributed by atoms with Crippen LogP contribution in [0.3, 0.4) is 0 Å². The first-order valence-corrected chi connectivity index (χ1v) is 8.84. The summed E-state index contributed by atoms with van der Waals surface area (Å²) in [7, 11) is -3.16. The quantitative estimate of drug-likeness (QED) is 0.812. The van der Waals surface area contributed by atoms with Crippen LogP contribution in [0.1, 0.15) is 25.5 Å². The van der Waals surface area contributed by atoms with Crippen molar-refractivity contribution in [3.63, 3.8) is 0 Å². The summed E-state index contributed by atoms with van der Waals surface area (Å²) in [5, 5.41) is 16.3. The van der Waals surface area contributed by atoms with E-state index in [1.165, 1.54) is 0 Å². The van der Waals surface area contributed by atoms with Gasteiger partial charge in [-0.3, -0.25) is 4.68 Å². The Morgan fingerprint density at radius 3 is 2.59 bits per heavy atom. The van der Waals surface area contributed by atoms with Crippen LogP contribution in [0.25, 0.3) is 0 Å². The van der Waals surface area contributed by atoms with Crippen molar-refractivity contribution in [3.8, 4) is 0 Å². The standard InChI is InChI=1S/C15H21N3O3S/c1-3-22(20,21)15-6-4-13(5-7-15)12(2)17-14-10-16-18(11-14)8-9-19/h4-7,10-12,17,19H,3,8-9H2,1-2H3. The molecule has 22 heavy (non-hydrogen) atoms. The van der Waals surface area contributed by atoms with Gasteiger partial charge in [-0.25, -0.2) is 8.42 Å². The number of hydrogen-bond donors (Lipinski definition) is 2. The third kappa shape index (κ3) is 3.86. The second-order valence-corrected chi connectivity index (χ2v) is 7.33. The van der Waals surface area contributed by atoms with E-state index in [4.69, 9.17) is 5.11 Å². The number of aliphatic hydroxyl groups is 1. The van der Waals surface area contributed by atoms with Gasteiger partial charge in [0.05, 0.1) is 35.7 Å². The molecular weight excluding hydrogens is 302 g/mol. The Balaban J connectivity index is 2.07. The number of nitrogens with one attached hydrogen (secondary N) is 1. The van der Waals surface area contributed by atoms with E-state index in [0.29, 0.717) is 11.4 Å². The van der Waals surface area contributed by atoms with Crippen molar-refractivity contribution < 1.29 is 13.5 Å². The molecule has 1 atom stereocenters. The summed E-state index contributed by atoms with van der Waals surface area (Å²) in [5.74, 6) is 0.101. The number of rotatable bonds is 7. The molecule has 1 aromatic carbocycles. The summed E-state index contributed by atoms with van der Waals surface area (Å²) in [6, 6.07) is 6.94. The van der Waals surface area contributed by atoms with Crippen LogP contribution in [-0.4, -0.2) is 35.7 Å². The first-order valence-electron chi connectivity index (χ1n) is 7.19. The molecule has 0 spiro atoms. The number of aliphatic hydroxyl groups excluding tert-OH is 1. The average molecular weight is 323 g/mol. The third-order valence-corrected chi connectivity index (χ3v) is 5.22. The second kappa shape index (κ2) is 6.93. The van der Waals surface area contributed by atoms with Crippen LogP contribution in [0.2, 0.25) is 0 Å². The predicted octanol–water partition coefficient (Wildman–Crippen LogP) is 1.84. The molecule has 2 aromatic rings. The maximum atomic E-state index is 11.8. The van der Waals surface area contributed by atoms with Gasteiger partial charge in [0.1, 0.15) is 0 Å². The molecule has 1 heterocycles. The lowest BCUT2D eigenvalue weighted by Gasteiger charge is -2.14. The Bertz CT molecular complexity index is 708. The second-order valence-electron chi connectivity index (χ2n) is 5.05. The van der Waals surface area contributed by atoms with Crippen LogP contribution in [0.5, 0.6) is 0 Å². The highest BCUT2D eigenvalue weighted by atomic mass is 32.2. The minimum Gasteiger partial charge on any atom is -0.394 e. The van der Waals surface area contributed by atoms with E-state index in [1.54, 1.807) is 29.9 Å². The highest BCUT2D eigenvalue weighted by Crippen LogP contribution is 2.21. The number of aromatic nitrogens is 2. The van der Waals surface area contributed by atoms with Gasteiger partial charge in [0, 0.05) is 12.2 Å². The molecule has 6 nitrogen and oxygen atoms in total. The Kier molecular flexibility index (Phi) is 5.20. The van der Waals surface area contributed by atoms with Gasteiger partial charge in [-0.1, -0.05) is 19.1 Å². The van der Waals surface area contributed by atoms with E-state index in [9.17, 15) is 8.42 Å². The molecule has 1 unspecified atom stereocenters. The number of hydrogen-bond acceptors (Lipinski definition) is 5. The maximum Gasteiger partial charge on any atom is 0.178 e. The molecule has 0 radical (unpaired) electrons. The van der Waals surface area contributed by atoms with Crippen LogP contribution >= 0.6 is 0 Å². The molecular formula is C15H21N3O3S. The average Bonchev–Trinajstić information content (AvgIpc) is 2.95. The largest absolute Gasteiger partial charge is 0.394 e. The van der Waals surface area contributed by atoms with Crippen molar-refractivity contribution >= 4 is 15.5 Å². The number of sulfone groups is 1. The van der Waals surface area contributed by atoms with E-state index in [0.717, 1.165) is 11.3 Å². The van der Waals surface area contributed by atoms with Crippen molar-refractivity contribution in [2.75, 3.05) is 17.7 Å². The van der Waals surface area contributed by atoms with Gasteiger partial charge in [-0.15, -0.1) is 0 Å². The molecule has 2 rings (SSSR count). The van der Waals surface area contributed by atoms with Gasteiger partial charge in [0.25, 0.3) is 0 Å². The Hall–Kier alpha value is -1.86. The zero-order valence-corrected chi connectivity index (χ0v) is 13.5. The topological polar surface area (TPSA) is 84.2 Å². The Morgan fingerprint density at radius 1 is 1.32 bits per heavy atom. The van der Waals surface area contributed by atoms with Gasteiger partial charge in [-0.05, 0) is 24.6 Å². The fourth-order valence-electron chi connectivity index (χ4n) is 2.13. The minimum absolute atomic E-state index is 0.0187. The summed E-state index contributed by atoms with van der Waals surface area (Å²) in [6.07, 6.45) is 3.52. The van der Waals surface area contributed by atoms with E-state index in [1.807, 2.05) is 25.3 Å². The molecule has 0 saturated heterocycles. The zero-order chi connectivity index (χ0) is 16.2. The Morgan fingerprint density at radius 2 is 2.00 bits per heavy atom. The molecule has 120 valence electrons. The van der Waals surface area contributed by atoms with Crippen LogP contribution < -0.4 is 5.32 Å². The molecule has 0 fully saturated rings. The molecule has 1 aromatic heterocycles. The minimum atomic E-state index is -3.16. The lowest BCUT2D eigenvalue weighted by Crippen LogP contribution is -2.08. The first-order chi connectivity index (χ1) is 10.5. The van der Waals surface area contributed by atoms with Gasteiger partial charge >= 0.3 is 0 Å². The number of anilines is 1. The molecule has 2 N–H and O–H groups in total. The van der Waals surface area contributed by atoms with Gasteiger partial charge < -0.3 is 10.4 Å². The van der Waals surface area contributed by atoms with Crippen molar-refractivity contribution in [3.05, 3.63) is 42.2 Å². The molecule has 0 bridgehead atoms. The van der Waals surface area contributed by atoms with Gasteiger partial charge in [-0.2, -0.15) is 5.10 Å². The molecule has 0 aliphatic rings. The monoisotopic (exact) mass is 323 g/mol. The fraction of sp³-hybridized carbons (Fsp3) is 0.400. The summed E-state index contributed by atoms with van der Waals surface area (Å²) >= 11 is 0. The fourth-order valence-corrected chi connectivity index (χ4v) is 3.01. The van der Waals surface area contributed by atoms with Crippen molar-refractivity contribution in [1.82, 2.24) is 9.78 Å². The van der Waals surface area contributed by atoms with Crippen LogP contribution in [0, 0.1) is 0 Å². The van der Waals surface area contributed by atoms with Gasteiger partial charge in [0.15, 0.2) is 9.84 Å². The van der Waals surface area contributed by atoms with E-state index < -0.39 is 9.84 Å². The van der Waals surface area contributed by atoms with Crippen molar-refractivity contribution in [2.45, 2.75) is 31.3 Å². The van der Waals surface area contributed by atoms with Crippen molar-refractivity contribution in [2.24, 2.45) is 0 Å². The van der Waals surface area contributed by atoms with E-state index in [-0.39, 0.29) is 18.4 Å². The van der Waals surface area contributed by atoms with Crippen LogP contribution in [-0.2, 0) is 16.4 Å². The highest BCUT2D eigenvalue weighted by Gasteiger charge is 2.12. The number of nitrogens with zero attached hydrogens (tertiary/aromatic N) is 2. The summed E-state index contributed by atoms with van der Waals surface area (Å²) < 4.78 is 25.2. The molecule has 0 saturated carbocycles. The number of benzene rings is 1. The van der Waals surface area contributed by atoms with Gasteiger partial charge in [0.2, 0.25) is 0 Å². The Labute approximate surface area is 130 Å². The summed E-state index contributed by atoms with van der Waals surface area (Å²) in [4.78, 5) is 0.349. The third-order valence-electron chi connectivity index (χ3n) is 3.46. The SMILES string of the molecule is CCS(=O)(=O)c1ccc(C(C)Nc2cnn(CCO)c2)cc1. The molecule has 0 aliphatic heterocycles. The van der Waals surface area contributed by atoms with Crippen LogP contribution in [0.4, 0.5) is 5.69 Å². The first kappa shape index (κ1) is 16.5. The predicted molar refractivity (Wildman–Crippen MR) is 85.5 cm³/mol.